The smallest absolute Gasteiger partial charge is 0.307 e. The predicted octanol–water partition coefficient (Wildman–Crippen LogP) is 6.35. The van der Waals surface area contributed by atoms with Gasteiger partial charge in [0.25, 0.3) is 0 Å². The average Bonchev–Trinajstić information content (AvgIpc) is 3.50. The number of alkyl halides is 1. The van der Waals surface area contributed by atoms with Gasteiger partial charge in [-0.05, 0) is 55.5 Å². The summed E-state index contributed by atoms with van der Waals surface area (Å²) in [7, 11) is 1.82. The summed E-state index contributed by atoms with van der Waals surface area (Å²) in [6.07, 6.45) is 5.52. The van der Waals surface area contributed by atoms with Gasteiger partial charge in [-0.1, -0.05) is 36.6 Å². The molecule has 2 aromatic heterocycles. The first-order valence-corrected chi connectivity index (χ1v) is 14.8. The zero-order valence-corrected chi connectivity index (χ0v) is 23.9. The van der Waals surface area contributed by atoms with Crippen molar-refractivity contribution in [1.29, 1.82) is 0 Å². The molecule has 0 bridgehead atoms. The van der Waals surface area contributed by atoms with Crippen molar-refractivity contribution in [3.05, 3.63) is 70.8 Å². The SMILES string of the molecule is Cn1cc(Cl)c(COc2ccc3nc(C4CCCC[C@@H]4C(=O)O)n(Cc4ccc(N5CCC(F)CC5)cc4)c3c2)n1. The molecule has 41 heavy (non-hydrogen) atoms. The Labute approximate surface area is 243 Å². The highest BCUT2D eigenvalue weighted by Crippen LogP contribution is 2.39. The Morgan fingerprint density at radius 1 is 1.10 bits per heavy atom. The van der Waals surface area contributed by atoms with E-state index in [0.717, 1.165) is 60.5 Å². The lowest BCUT2D eigenvalue weighted by Gasteiger charge is -2.30. The van der Waals surface area contributed by atoms with E-state index >= 15 is 0 Å². The van der Waals surface area contributed by atoms with Crippen molar-refractivity contribution in [2.24, 2.45) is 13.0 Å². The molecule has 2 atom stereocenters. The Morgan fingerprint density at radius 2 is 1.85 bits per heavy atom. The van der Waals surface area contributed by atoms with Gasteiger partial charge in [-0.3, -0.25) is 9.48 Å². The molecule has 8 nitrogen and oxygen atoms in total. The maximum Gasteiger partial charge on any atom is 0.307 e. The van der Waals surface area contributed by atoms with Gasteiger partial charge < -0.3 is 19.3 Å². The number of fused-ring (bicyclic) bond motifs is 1. The molecule has 1 aliphatic heterocycles. The summed E-state index contributed by atoms with van der Waals surface area (Å²) < 4.78 is 23.5. The average molecular weight is 580 g/mol. The van der Waals surface area contributed by atoms with Crippen LogP contribution in [0.25, 0.3) is 11.0 Å². The van der Waals surface area contributed by atoms with Crippen molar-refractivity contribution >= 4 is 34.3 Å². The summed E-state index contributed by atoms with van der Waals surface area (Å²) in [6.45, 7) is 2.23. The van der Waals surface area contributed by atoms with E-state index in [1.807, 2.05) is 25.2 Å². The van der Waals surface area contributed by atoms with Crippen molar-refractivity contribution in [3.63, 3.8) is 0 Å². The highest BCUT2D eigenvalue weighted by atomic mass is 35.5. The molecule has 2 aromatic carbocycles. The van der Waals surface area contributed by atoms with Gasteiger partial charge in [0.2, 0.25) is 0 Å². The minimum atomic E-state index is -0.758. The molecule has 2 aliphatic rings. The number of hydrogen-bond acceptors (Lipinski definition) is 5. The summed E-state index contributed by atoms with van der Waals surface area (Å²) in [5, 5.41) is 15.0. The summed E-state index contributed by atoms with van der Waals surface area (Å²) in [6, 6.07) is 14.2. The highest BCUT2D eigenvalue weighted by molar-refractivity contribution is 6.31. The molecule has 10 heteroatoms. The number of ether oxygens (including phenoxy) is 1. The maximum absolute atomic E-state index is 13.6. The number of benzene rings is 2. The van der Waals surface area contributed by atoms with Crippen LogP contribution in [0.5, 0.6) is 5.75 Å². The number of carbonyl (C=O) groups is 1. The lowest BCUT2D eigenvalue weighted by atomic mass is 9.78. The minimum Gasteiger partial charge on any atom is -0.487 e. The van der Waals surface area contributed by atoms with Crippen molar-refractivity contribution in [1.82, 2.24) is 19.3 Å². The van der Waals surface area contributed by atoms with Gasteiger partial charge in [-0.2, -0.15) is 5.10 Å². The fraction of sp³-hybridized carbons (Fsp3) is 0.452. The number of rotatable bonds is 8. The molecule has 4 aromatic rings. The fourth-order valence-corrected chi connectivity index (χ4v) is 6.49. The fourth-order valence-electron chi connectivity index (χ4n) is 6.25. The lowest BCUT2D eigenvalue weighted by Crippen LogP contribution is -2.34. The molecule has 0 spiro atoms. The number of carboxylic acid groups (broad SMARTS) is 1. The van der Waals surface area contributed by atoms with Gasteiger partial charge in [0.1, 0.15) is 30.0 Å². The quantitative estimate of drug-likeness (QED) is 0.262. The van der Waals surface area contributed by atoms with Crippen molar-refractivity contribution in [3.8, 4) is 5.75 Å². The summed E-state index contributed by atoms with van der Waals surface area (Å²) in [5.41, 5.74) is 4.55. The molecule has 1 N–H and O–H groups in total. The molecule has 6 rings (SSSR count). The van der Waals surface area contributed by atoms with Gasteiger partial charge in [0, 0.05) is 50.6 Å². The number of imidazole rings is 1. The first-order valence-electron chi connectivity index (χ1n) is 14.4. The van der Waals surface area contributed by atoms with E-state index in [2.05, 4.69) is 38.8 Å². The Morgan fingerprint density at radius 3 is 2.56 bits per heavy atom. The van der Waals surface area contributed by atoms with E-state index in [0.29, 0.717) is 42.3 Å². The van der Waals surface area contributed by atoms with E-state index in [4.69, 9.17) is 21.3 Å². The molecular formula is C31H35ClFN5O3. The maximum atomic E-state index is 13.6. The summed E-state index contributed by atoms with van der Waals surface area (Å²) in [4.78, 5) is 19.5. The molecule has 0 amide bonds. The van der Waals surface area contributed by atoms with E-state index in [9.17, 15) is 14.3 Å². The van der Waals surface area contributed by atoms with Crippen LogP contribution >= 0.6 is 11.6 Å². The van der Waals surface area contributed by atoms with E-state index in [-0.39, 0.29) is 12.5 Å². The lowest BCUT2D eigenvalue weighted by molar-refractivity contribution is -0.143. The molecule has 1 saturated carbocycles. The van der Waals surface area contributed by atoms with Crippen LogP contribution in [0.15, 0.2) is 48.7 Å². The van der Waals surface area contributed by atoms with Crippen LogP contribution in [0.2, 0.25) is 5.02 Å². The first-order chi connectivity index (χ1) is 19.9. The minimum absolute atomic E-state index is 0.161. The Kier molecular flexibility index (Phi) is 7.88. The van der Waals surface area contributed by atoms with Gasteiger partial charge in [-0.15, -0.1) is 0 Å². The van der Waals surface area contributed by atoms with Crippen LogP contribution in [-0.4, -0.2) is 49.7 Å². The Bertz CT molecular complexity index is 1530. The highest BCUT2D eigenvalue weighted by Gasteiger charge is 2.35. The third kappa shape index (κ3) is 5.91. The largest absolute Gasteiger partial charge is 0.487 e. The van der Waals surface area contributed by atoms with Crippen molar-refractivity contribution in [2.75, 3.05) is 18.0 Å². The number of carboxylic acids is 1. The van der Waals surface area contributed by atoms with Gasteiger partial charge in [0.05, 0.1) is 22.0 Å². The normalized spacial score (nSPS) is 20.0. The third-order valence-electron chi connectivity index (χ3n) is 8.46. The molecule has 2 fully saturated rings. The van der Waals surface area contributed by atoms with E-state index in [1.54, 1.807) is 10.9 Å². The second-order valence-corrected chi connectivity index (χ2v) is 11.7. The second kappa shape index (κ2) is 11.7. The topological polar surface area (TPSA) is 85.4 Å². The van der Waals surface area contributed by atoms with Crippen LogP contribution in [0.4, 0.5) is 10.1 Å². The van der Waals surface area contributed by atoms with Gasteiger partial charge in [-0.25, -0.2) is 9.37 Å². The third-order valence-corrected chi connectivity index (χ3v) is 8.78. The van der Waals surface area contributed by atoms with Crippen LogP contribution in [0.1, 0.15) is 61.5 Å². The molecular weight excluding hydrogens is 545 g/mol. The molecule has 0 radical (unpaired) electrons. The number of aromatic nitrogens is 4. The number of piperidine rings is 1. The number of anilines is 1. The van der Waals surface area contributed by atoms with Gasteiger partial charge in [0.15, 0.2) is 0 Å². The zero-order valence-electron chi connectivity index (χ0n) is 23.2. The van der Waals surface area contributed by atoms with Crippen molar-refractivity contribution in [2.45, 2.75) is 63.8 Å². The molecule has 1 aliphatic carbocycles. The number of halogens is 2. The number of aliphatic carboxylic acids is 1. The Balaban J connectivity index is 1.32. The molecule has 216 valence electrons. The van der Waals surface area contributed by atoms with Crippen LogP contribution < -0.4 is 9.64 Å². The van der Waals surface area contributed by atoms with Gasteiger partial charge >= 0.3 is 5.97 Å². The van der Waals surface area contributed by atoms with Crippen LogP contribution in [0.3, 0.4) is 0 Å². The monoisotopic (exact) mass is 579 g/mol. The van der Waals surface area contributed by atoms with Crippen LogP contribution in [0, 0.1) is 5.92 Å². The van der Waals surface area contributed by atoms with Crippen molar-refractivity contribution < 1.29 is 19.0 Å². The van der Waals surface area contributed by atoms with Crippen LogP contribution in [-0.2, 0) is 25.0 Å². The zero-order chi connectivity index (χ0) is 28.5. The second-order valence-electron chi connectivity index (χ2n) is 11.3. The number of nitrogens with zero attached hydrogens (tertiary/aromatic N) is 5. The summed E-state index contributed by atoms with van der Waals surface area (Å²) in [5.74, 6) is 0.0998. The summed E-state index contributed by atoms with van der Waals surface area (Å²) >= 11 is 6.27. The predicted molar refractivity (Wildman–Crippen MR) is 157 cm³/mol. The number of aryl methyl sites for hydroxylation is 1. The molecule has 3 heterocycles. The molecule has 1 saturated heterocycles. The number of hydrogen-bond donors (Lipinski definition) is 1. The first kappa shape index (κ1) is 27.6. The Hall–Kier alpha value is -3.59. The molecule has 1 unspecified atom stereocenters. The van der Waals surface area contributed by atoms with E-state index < -0.39 is 18.1 Å². The standard InChI is InChI=1S/C31H35ClFN5O3/c1-36-18-26(32)28(35-36)19-41-23-10-11-27-29(16-23)38(30(34-27)24-4-2-3-5-25(24)31(39)40)17-20-6-8-22(9-7-20)37-14-12-21(33)13-15-37/h6-11,16,18,21,24-25H,2-5,12-15,17,19H2,1H3,(H,39,40)/t24?,25-/m0/s1. The van der Waals surface area contributed by atoms with E-state index in [1.165, 1.54) is 0 Å².